The van der Waals surface area contributed by atoms with Gasteiger partial charge in [0.25, 0.3) is 0 Å². The number of nitrogens with one attached hydrogen (secondary N) is 1. The lowest BCUT2D eigenvalue weighted by molar-refractivity contribution is 0.172. The molecule has 5 heteroatoms. The van der Waals surface area contributed by atoms with E-state index in [4.69, 9.17) is 9.47 Å². The first-order valence-electron chi connectivity index (χ1n) is 7.93. The second-order valence-corrected chi connectivity index (χ2v) is 6.00. The van der Waals surface area contributed by atoms with Crippen LogP contribution >= 0.6 is 0 Å². The van der Waals surface area contributed by atoms with Crippen molar-refractivity contribution in [3.05, 3.63) is 48.2 Å². The number of pyridine rings is 1. The molecule has 1 N–H and O–H groups in total. The maximum absolute atomic E-state index is 5.70. The molecule has 0 amide bonds. The van der Waals surface area contributed by atoms with Gasteiger partial charge in [-0.3, -0.25) is 10.1 Å². The number of hydrogen-bond donors (Lipinski definition) is 1. The molecule has 2 aromatic heterocycles. The molecule has 0 aliphatic carbocycles. The molecule has 2 aromatic carbocycles. The van der Waals surface area contributed by atoms with Gasteiger partial charge in [0.15, 0.2) is 11.5 Å². The second kappa shape index (κ2) is 4.96. The lowest BCUT2D eigenvalue weighted by atomic mass is 10.1. The van der Waals surface area contributed by atoms with Crippen LogP contribution in [0.25, 0.3) is 33.1 Å². The molecule has 4 aromatic rings. The molecule has 24 heavy (non-hydrogen) atoms. The van der Waals surface area contributed by atoms with Crippen molar-refractivity contribution >= 4 is 21.8 Å². The third-order valence-electron chi connectivity index (χ3n) is 4.39. The van der Waals surface area contributed by atoms with E-state index in [-0.39, 0.29) is 0 Å². The second-order valence-electron chi connectivity index (χ2n) is 6.00. The van der Waals surface area contributed by atoms with Crippen molar-refractivity contribution in [2.24, 2.45) is 0 Å². The molecule has 3 heterocycles. The molecular weight excluding hydrogens is 302 g/mol. The fraction of sp³-hybridized carbons (Fsp3) is 0.158. The monoisotopic (exact) mass is 317 g/mol. The number of rotatable bonds is 1. The van der Waals surface area contributed by atoms with E-state index in [1.807, 2.05) is 18.3 Å². The van der Waals surface area contributed by atoms with E-state index in [2.05, 4.69) is 46.4 Å². The average molecular weight is 317 g/mol. The van der Waals surface area contributed by atoms with E-state index in [1.54, 1.807) is 0 Å². The Bertz CT molecular complexity index is 1070. The maximum Gasteiger partial charge on any atom is 0.163 e. The van der Waals surface area contributed by atoms with Gasteiger partial charge in [0.05, 0.1) is 11.0 Å². The van der Waals surface area contributed by atoms with Crippen LogP contribution in [-0.2, 0) is 0 Å². The van der Waals surface area contributed by atoms with Gasteiger partial charge in [-0.25, -0.2) is 0 Å². The van der Waals surface area contributed by atoms with Crippen LogP contribution in [0.5, 0.6) is 11.5 Å². The molecule has 1 aliphatic heterocycles. The van der Waals surface area contributed by atoms with Crippen LogP contribution in [0, 0.1) is 6.92 Å². The highest BCUT2D eigenvalue weighted by Crippen LogP contribution is 2.37. The highest BCUT2D eigenvalue weighted by Gasteiger charge is 2.17. The third kappa shape index (κ3) is 1.94. The summed E-state index contributed by atoms with van der Waals surface area (Å²) in [6.45, 7) is 3.22. The van der Waals surface area contributed by atoms with E-state index >= 15 is 0 Å². The summed E-state index contributed by atoms with van der Waals surface area (Å²) >= 11 is 0. The van der Waals surface area contributed by atoms with Crippen molar-refractivity contribution in [1.29, 1.82) is 0 Å². The van der Waals surface area contributed by atoms with E-state index in [0.29, 0.717) is 13.2 Å². The lowest BCUT2D eigenvalue weighted by Gasteiger charge is -2.18. The predicted octanol–water partition coefficient (Wildman–Crippen LogP) is 3.86. The Hall–Kier alpha value is -3.08. The molecule has 0 fully saturated rings. The molecule has 0 spiro atoms. The minimum Gasteiger partial charge on any atom is -0.486 e. The molecule has 1 aliphatic rings. The molecule has 5 nitrogen and oxygen atoms in total. The number of aryl methyl sites for hydroxylation is 1. The average Bonchev–Trinajstić information content (AvgIpc) is 3.05. The molecule has 0 bridgehead atoms. The standard InChI is InChI=1S/C19H15N3O2/c1-11-2-4-12(5-3-11)18-14-10-20-15-9-17-16(23-6-7-24-17)8-13(15)19(14)22-21-18/h2-5,8-10H,6-7H2,1H3,(H,21,22). The fourth-order valence-electron chi connectivity index (χ4n) is 3.13. The van der Waals surface area contributed by atoms with Crippen LogP contribution in [0.3, 0.4) is 0 Å². The summed E-state index contributed by atoms with van der Waals surface area (Å²) in [5.41, 5.74) is 5.05. The largest absolute Gasteiger partial charge is 0.486 e. The zero-order valence-corrected chi connectivity index (χ0v) is 13.2. The van der Waals surface area contributed by atoms with Crippen LogP contribution in [0.4, 0.5) is 0 Å². The van der Waals surface area contributed by atoms with Crippen molar-refractivity contribution in [1.82, 2.24) is 15.2 Å². The summed E-state index contributed by atoms with van der Waals surface area (Å²) in [6, 6.07) is 12.3. The predicted molar refractivity (Wildman–Crippen MR) is 92.6 cm³/mol. The van der Waals surface area contributed by atoms with E-state index in [0.717, 1.165) is 44.6 Å². The number of aromatic nitrogens is 3. The number of aromatic amines is 1. The quantitative estimate of drug-likeness (QED) is 0.579. The van der Waals surface area contributed by atoms with Gasteiger partial charge in [-0.1, -0.05) is 29.8 Å². The van der Waals surface area contributed by atoms with Crippen molar-refractivity contribution < 1.29 is 9.47 Å². The summed E-state index contributed by atoms with van der Waals surface area (Å²) < 4.78 is 11.3. The summed E-state index contributed by atoms with van der Waals surface area (Å²) in [4.78, 5) is 4.60. The highest BCUT2D eigenvalue weighted by molar-refractivity contribution is 6.08. The zero-order valence-electron chi connectivity index (χ0n) is 13.2. The molecule has 0 saturated carbocycles. The molecule has 0 atom stereocenters. The summed E-state index contributed by atoms with van der Waals surface area (Å²) in [5, 5.41) is 9.68. The number of H-pyrrole nitrogens is 1. The molecule has 0 radical (unpaired) electrons. The Morgan fingerprint density at radius 3 is 2.50 bits per heavy atom. The van der Waals surface area contributed by atoms with Crippen molar-refractivity contribution in [2.75, 3.05) is 13.2 Å². The first-order chi connectivity index (χ1) is 11.8. The summed E-state index contributed by atoms with van der Waals surface area (Å²) in [7, 11) is 0. The van der Waals surface area contributed by atoms with E-state index < -0.39 is 0 Å². The van der Waals surface area contributed by atoms with Crippen LogP contribution in [-0.4, -0.2) is 28.4 Å². The number of fused-ring (bicyclic) bond motifs is 4. The minimum absolute atomic E-state index is 0.569. The minimum atomic E-state index is 0.569. The van der Waals surface area contributed by atoms with Crippen LogP contribution in [0.1, 0.15) is 5.56 Å². The van der Waals surface area contributed by atoms with Crippen LogP contribution in [0.2, 0.25) is 0 Å². The Labute approximate surface area is 138 Å². The Kier molecular flexibility index (Phi) is 2.76. The first-order valence-corrected chi connectivity index (χ1v) is 7.93. The normalized spacial score (nSPS) is 13.5. The van der Waals surface area contributed by atoms with Gasteiger partial charge in [0.1, 0.15) is 18.9 Å². The zero-order chi connectivity index (χ0) is 16.1. The summed E-state index contributed by atoms with van der Waals surface area (Å²) in [5.74, 6) is 1.51. The molecule has 0 saturated heterocycles. The lowest BCUT2D eigenvalue weighted by Crippen LogP contribution is -2.15. The van der Waals surface area contributed by atoms with Crippen molar-refractivity contribution in [3.8, 4) is 22.8 Å². The van der Waals surface area contributed by atoms with Gasteiger partial charge < -0.3 is 9.47 Å². The molecule has 5 rings (SSSR count). The van der Waals surface area contributed by atoms with Crippen LogP contribution < -0.4 is 9.47 Å². The van der Waals surface area contributed by atoms with Crippen molar-refractivity contribution in [2.45, 2.75) is 6.92 Å². The van der Waals surface area contributed by atoms with Gasteiger partial charge >= 0.3 is 0 Å². The van der Waals surface area contributed by atoms with Gasteiger partial charge in [0.2, 0.25) is 0 Å². The van der Waals surface area contributed by atoms with Gasteiger partial charge in [-0.05, 0) is 13.0 Å². The van der Waals surface area contributed by atoms with Crippen LogP contribution in [0.15, 0.2) is 42.6 Å². The fourth-order valence-corrected chi connectivity index (χ4v) is 3.13. The number of ether oxygens (including phenoxy) is 2. The van der Waals surface area contributed by atoms with Gasteiger partial charge in [0, 0.05) is 28.6 Å². The number of hydrogen-bond acceptors (Lipinski definition) is 4. The Morgan fingerprint density at radius 2 is 1.71 bits per heavy atom. The Morgan fingerprint density at radius 1 is 0.958 bits per heavy atom. The van der Waals surface area contributed by atoms with E-state index in [9.17, 15) is 0 Å². The van der Waals surface area contributed by atoms with Gasteiger partial charge in [-0.2, -0.15) is 5.10 Å². The smallest absolute Gasteiger partial charge is 0.163 e. The maximum atomic E-state index is 5.70. The number of nitrogens with zero attached hydrogens (tertiary/aromatic N) is 2. The number of benzene rings is 2. The SMILES string of the molecule is Cc1ccc(-c2n[nH]c3c2cnc2cc4c(cc23)OCCO4)cc1. The van der Waals surface area contributed by atoms with Gasteiger partial charge in [-0.15, -0.1) is 0 Å². The molecule has 118 valence electrons. The van der Waals surface area contributed by atoms with Crippen molar-refractivity contribution in [3.63, 3.8) is 0 Å². The first kappa shape index (κ1) is 13.4. The van der Waals surface area contributed by atoms with E-state index in [1.165, 1.54) is 5.56 Å². The Balaban J connectivity index is 1.75. The third-order valence-corrected chi connectivity index (χ3v) is 4.39. The molecule has 0 unspecified atom stereocenters. The topological polar surface area (TPSA) is 60.0 Å². The highest BCUT2D eigenvalue weighted by atomic mass is 16.6. The summed E-state index contributed by atoms with van der Waals surface area (Å²) in [6.07, 6.45) is 1.87. The molecular formula is C19H15N3O2.